The van der Waals surface area contributed by atoms with Crippen molar-refractivity contribution >= 4 is 0 Å². The first-order valence-corrected chi connectivity index (χ1v) is 5.33. The quantitative estimate of drug-likeness (QED) is 0.250. The second kappa shape index (κ2) is 3.11. The normalized spacial score (nSPS) is 46.5. The van der Waals surface area contributed by atoms with Gasteiger partial charge in [-0.15, -0.1) is 0 Å². The van der Waals surface area contributed by atoms with Gasteiger partial charge in [-0.25, -0.2) is 4.89 Å². The summed E-state index contributed by atoms with van der Waals surface area (Å²) in [5, 5.41) is 12.8. The number of hydrogen-bond donors (Lipinski definition) is 1. The minimum absolute atomic E-state index is 0.180. The molecule has 0 aliphatic heterocycles. The Morgan fingerprint density at radius 1 is 1.40 bits per heavy atom. The minimum Gasteiger partial charge on any atom is -0.251 e. The molecular formula is C10H17N3O2. The molecule has 3 saturated carbocycles. The van der Waals surface area contributed by atoms with Crippen LogP contribution in [0.4, 0.5) is 0 Å². The molecule has 3 rings (SSSR count). The molecule has 3 fully saturated rings. The zero-order valence-corrected chi connectivity index (χ0v) is 9.34. The summed E-state index contributed by atoms with van der Waals surface area (Å²) < 4.78 is 0. The van der Waals surface area contributed by atoms with E-state index in [1.165, 1.54) is 0 Å². The summed E-state index contributed by atoms with van der Waals surface area (Å²) in [6, 6.07) is -0.246. The molecule has 0 amide bonds. The minimum atomic E-state index is -0.718. The van der Waals surface area contributed by atoms with Gasteiger partial charge in [-0.1, -0.05) is 19.0 Å². The van der Waals surface area contributed by atoms with E-state index in [4.69, 9.17) is 10.8 Å². The average molecular weight is 211 g/mol. The third kappa shape index (κ3) is 1.20. The third-order valence-electron chi connectivity index (χ3n) is 4.72. The number of fused-ring (bicyclic) bond motifs is 2. The molecule has 0 heterocycles. The van der Waals surface area contributed by atoms with Crippen molar-refractivity contribution in [3.05, 3.63) is 10.4 Å². The molecule has 2 bridgehead atoms. The maximum atomic E-state index is 9.09. The van der Waals surface area contributed by atoms with E-state index in [-0.39, 0.29) is 17.4 Å². The van der Waals surface area contributed by atoms with Crippen molar-refractivity contribution in [2.24, 2.45) is 22.4 Å². The average Bonchev–Trinajstić information content (AvgIpc) is 2.20. The summed E-state index contributed by atoms with van der Waals surface area (Å²) in [5.41, 5.74) is 7.96. The molecular weight excluding hydrogens is 194 g/mol. The maximum absolute atomic E-state index is 9.09. The molecule has 84 valence electrons. The summed E-state index contributed by atoms with van der Waals surface area (Å²) in [5.74, 6) is 0.852. The first-order valence-electron chi connectivity index (χ1n) is 5.33. The summed E-state index contributed by atoms with van der Waals surface area (Å²) >= 11 is 0. The molecule has 0 aromatic rings. The van der Waals surface area contributed by atoms with Crippen LogP contribution in [0.2, 0.25) is 0 Å². The number of nitrogens with zero attached hydrogens (tertiary/aromatic N) is 3. The van der Waals surface area contributed by atoms with Gasteiger partial charge in [0.25, 0.3) is 0 Å². The highest BCUT2D eigenvalue weighted by molar-refractivity contribution is 5.15. The lowest BCUT2D eigenvalue weighted by molar-refractivity contribution is -0.376. The zero-order valence-electron chi connectivity index (χ0n) is 9.34. The summed E-state index contributed by atoms with van der Waals surface area (Å²) in [7, 11) is 0. The SMILES string of the molecule is CC1(C)[C@@H]2C[C@H](N=[N+]=[N-])[C@@](C)(OO)[C@@H]1C2. The highest BCUT2D eigenvalue weighted by atomic mass is 17.1. The van der Waals surface area contributed by atoms with E-state index >= 15 is 0 Å². The first-order chi connectivity index (χ1) is 6.96. The molecule has 4 atom stereocenters. The van der Waals surface area contributed by atoms with Gasteiger partial charge in [-0.2, -0.15) is 0 Å². The van der Waals surface area contributed by atoms with Gasteiger partial charge >= 0.3 is 0 Å². The van der Waals surface area contributed by atoms with E-state index in [1.807, 2.05) is 6.92 Å². The molecule has 0 aromatic carbocycles. The monoisotopic (exact) mass is 211 g/mol. The van der Waals surface area contributed by atoms with Gasteiger partial charge in [0.2, 0.25) is 0 Å². The van der Waals surface area contributed by atoms with Crippen LogP contribution in [0.25, 0.3) is 10.4 Å². The molecule has 3 aliphatic rings. The van der Waals surface area contributed by atoms with Crippen LogP contribution in [0.15, 0.2) is 5.11 Å². The van der Waals surface area contributed by atoms with Crippen LogP contribution < -0.4 is 0 Å². The van der Waals surface area contributed by atoms with Crippen LogP contribution in [0.5, 0.6) is 0 Å². The Balaban J connectivity index is 2.32. The maximum Gasteiger partial charge on any atom is 0.112 e. The third-order valence-corrected chi connectivity index (χ3v) is 4.72. The van der Waals surface area contributed by atoms with Crippen LogP contribution in [-0.4, -0.2) is 16.9 Å². The van der Waals surface area contributed by atoms with Crippen molar-refractivity contribution in [1.29, 1.82) is 0 Å². The lowest BCUT2D eigenvalue weighted by atomic mass is 9.43. The second-order valence-corrected chi connectivity index (χ2v) is 5.54. The first kappa shape index (κ1) is 10.7. The van der Waals surface area contributed by atoms with Gasteiger partial charge in [0.05, 0.1) is 6.04 Å². The van der Waals surface area contributed by atoms with E-state index < -0.39 is 5.60 Å². The van der Waals surface area contributed by atoms with Gasteiger partial charge in [-0.3, -0.25) is 5.26 Å². The van der Waals surface area contributed by atoms with Crippen molar-refractivity contribution in [3.63, 3.8) is 0 Å². The Hall–Kier alpha value is -0.770. The predicted molar refractivity (Wildman–Crippen MR) is 55.0 cm³/mol. The Morgan fingerprint density at radius 3 is 2.53 bits per heavy atom. The second-order valence-electron chi connectivity index (χ2n) is 5.54. The van der Waals surface area contributed by atoms with E-state index in [2.05, 4.69) is 28.8 Å². The van der Waals surface area contributed by atoms with Crippen LogP contribution in [0, 0.1) is 17.3 Å². The van der Waals surface area contributed by atoms with Crippen molar-refractivity contribution in [2.45, 2.75) is 45.3 Å². The number of azide groups is 1. The molecule has 15 heavy (non-hydrogen) atoms. The summed E-state index contributed by atoms with van der Waals surface area (Å²) in [4.78, 5) is 7.50. The van der Waals surface area contributed by atoms with Crippen LogP contribution in [-0.2, 0) is 4.89 Å². The van der Waals surface area contributed by atoms with E-state index in [0.717, 1.165) is 12.8 Å². The molecule has 5 heteroatoms. The Bertz CT molecular complexity index is 325. The zero-order chi connectivity index (χ0) is 11.3. The topological polar surface area (TPSA) is 78.2 Å². The molecule has 0 radical (unpaired) electrons. The van der Waals surface area contributed by atoms with Gasteiger partial charge in [0.1, 0.15) is 5.60 Å². The fourth-order valence-corrected chi connectivity index (χ4v) is 3.47. The summed E-state index contributed by atoms with van der Waals surface area (Å²) in [6.07, 6.45) is 1.87. The van der Waals surface area contributed by atoms with Crippen molar-refractivity contribution in [2.75, 3.05) is 0 Å². The Morgan fingerprint density at radius 2 is 2.07 bits per heavy atom. The van der Waals surface area contributed by atoms with E-state index in [1.54, 1.807) is 0 Å². The molecule has 0 aromatic heterocycles. The molecule has 0 saturated heterocycles. The van der Waals surface area contributed by atoms with Crippen LogP contribution in [0.3, 0.4) is 0 Å². The Labute approximate surface area is 89.0 Å². The van der Waals surface area contributed by atoms with Crippen molar-refractivity contribution < 1.29 is 10.1 Å². The van der Waals surface area contributed by atoms with E-state index in [0.29, 0.717) is 5.92 Å². The van der Waals surface area contributed by atoms with Gasteiger partial charge in [0.15, 0.2) is 0 Å². The van der Waals surface area contributed by atoms with Crippen molar-refractivity contribution in [1.82, 2.24) is 0 Å². The molecule has 1 N–H and O–H groups in total. The highest BCUT2D eigenvalue weighted by Crippen LogP contribution is 2.64. The molecule has 0 spiro atoms. The largest absolute Gasteiger partial charge is 0.251 e. The van der Waals surface area contributed by atoms with Crippen molar-refractivity contribution in [3.8, 4) is 0 Å². The lowest BCUT2D eigenvalue weighted by Gasteiger charge is -2.64. The van der Waals surface area contributed by atoms with Gasteiger partial charge in [-0.05, 0) is 42.5 Å². The summed E-state index contributed by atoms with van der Waals surface area (Å²) in [6.45, 7) is 6.22. The van der Waals surface area contributed by atoms with E-state index in [9.17, 15) is 0 Å². The standard InChI is InChI=1S/C10H17N3O2/c1-9(2)6-4-7(9)10(3,15-14)8(5-6)12-13-11/h6-8,14H,4-5H2,1-3H3/t6-,7+,8-,10-/m0/s1. The molecule has 0 unspecified atom stereocenters. The van der Waals surface area contributed by atoms with Crippen LogP contribution in [0.1, 0.15) is 33.6 Å². The van der Waals surface area contributed by atoms with Gasteiger partial charge in [0, 0.05) is 4.91 Å². The number of hydrogen-bond acceptors (Lipinski definition) is 3. The van der Waals surface area contributed by atoms with Crippen LogP contribution >= 0.6 is 0 Å². The lowest BCUT2D eigenvalue weighted by Crippen LogP contribution is -2.66. The highest BCUT2D eigenvalue weighted by Gasteiger charge is 2.64. The predicted octanol–water partition coefficient (Wildman–Crippen LogP) is 2.98. The van der Waals surface area contributed by atoms with Gasteiger partial charge < -0.3 is 0 Å². The Kier molecular flexibility index (Phi) is 2.23. The number of rotatable bonds is 2. The molecule has 5 nitrogen and oxygen atoms in total. The fourth-order valence-electron chi connectivity index (χ4n) is 3.47. The smallest absolute Gasteiger partial charge is 0.112 e. The molecule has 3 aliphatic carbocycles. The fraction of sp³-hybridized carbons (Fsp3) is 1.00.